The summed E-state index contributed by atoms with van der Waals surface area (Å²) in [6.45, 7) is 2.30. The van der Waals surface area contributed by atoms with Crippen molar-refractivity contribution >= 4 is 23.5 Å². The monoisotopic (exact) mass is 311 g/mol. The molecule has 114 valence electrons. The van der Waals surface area contributed by atoms with Crippen LogP contribution in [0.4, 0.5) is 0 Å². The highest BCUT2D eigenvalue weighted by Crippen LogP contribution is 2.29. The van der Waals surface area contributed by atoms with Crippen molar-refractivity contribution in [1.29, 1.82) is 0 Å². The van der Waals surface area contributed by atoms with Crippen LogP contribution in [0.1, 0.15) is 30.1 Å². The second-order valence-corrected chi connectivity index (χ2v) is 5.69. The number of methoxy groups -OCH3 is 1. The van der Waals surface area contributed by atoms with Gasteiger partial charge < -0.3 is 14.7 Å². The number of piperidine rings is 1. The lowest BCUT2D eigenvalue weighted by Gasteiger charge is -2.36. The summed E-state index contributed by atoms with van der Waals surface area (Å²) in [4.78, 5) is 25.4. The smallest absolute Gasteiger partial charge is 0.306 e. The molecule has 2 rings (SSSR count). The average molecular weight is 312 g/mol. The zero-order chi connectivity index (χ0) is 15.6. The highest BCUT2D eigenvalue weighted by Gasteiger charge is 2.33. The molecule has 1 saturated heterocycles. The van der Waals surface area contributed by atoms with Crippen LogP contribution in [-0.4, -0.2) is 41.6 Å². The summed E-state index contributed by atoms with van der Waals surface area (Å²) in [5, 5.41) is 9.57. The predicted octanol–water partition coefficient (Wildman–Crippen LogP) is 2.67. The minimum Gasteiger partial charge on any atom is -0.496 e. The molecule has 1 amide bonds. The number of nitrogens with zero attached hydrogens (tertiary/aromatic N) is 1. The Hall–Kier alpha value is -1.75. The minimum atomic E-state index is -0.793. The fraction of sp³-hybridized carbons (Fsp3) is 0.467. The average Bonchev–Trinajstić information content (AvgIpc) is 2.46. The molecule has 2 atom stereocenters. The summed E-state index contributed by atoms with van der Waals surface area (Å²) in [7, 11) is 1.49. The van der Waals surface area contributed by atoms with Crippen LogP contribution in [0, 0.1) is 5.92 Å². The number of carbonyl (C=O) groups is 2. The zero-order valence-electron chi connectivity index (χ0n) is 12.0. The number of halogens is 1. The van der Waals surface area contributed by atoms with Crippen molar-refractivity contribution in [1.82, 2.24) is 4.90 Å². The first-order valence-corrected chi connectivity index (χ1v) is 7.19. The van der Waals surface area contributed by atoms with E-state index in [2.05, 4.69) is 0 Å². The van der Waals surface area contributed by atoms with Gasteiger partial charge in [-0.05, 0) is 38.0 Å². The maximum absolute atomic E-state index is 12.6. The van der Waals surface area contributed by atoms with Gasteiger partial charge >= 0.3 is 5.97 Å². The first-order chi connectivity index (χ1) is 9.93. The van der Waals surface area contributed by atoms with Crippen LogP contribution >= 0.6 is 11.6 Å². The van der Waals surface area contributed by atoms with Crippen molar-refractivity contribution < 1.29 is 19.4 Å². The van der Waals surface area contributed by atoms with Crippen molar-refractivity contribution in [2.24, 2.45) is 5.92 Å². The van der Waals surface area contributed by atoms with Crippen molar-refractivity contribution in [2.75, 3.05) is 13.7 Å². The van der Waals surface area contributed by atoms with Crippen molar-refractivity contribution in [3.8, 4) is 5.75 Å². The zero-order valence-corrected chi connectivity index (χ0v) is 12.8. The first-order valence-electron chi connectivity index (χ1n) is 6.81. The van der Waals surface area contributed by atoms with Gasteiger partial charge in [-0.25, -0.2) is 0 Å². The van der Waals surface area contributed by atoms with Crippen LogP contribution in [-0.2, 0) is 4.79 Å². The third-order valence-corrected chi connectivity index (χ3v) is 4.12. The highest BCUT2D eigenvalue weighted by molar-refractivity contribution is 6.30. The van der Waals surface area contributed by atoms with Gasteiger partial charge in [0.1, 0.15) is 5.75 Å². The standard InChI is InChI=1S/C15H18ClNO4/c1-9-7-10(15(19)20)5-6-17(9)14(18)12-4-3-11(16)8-13(12)21-2/h3-4,8-10H,5-7H2,1-2H3,(H,19,20). The lowest BCUT2D eigenvalue weighted by Crippen LogP contribution is -2.46. The normalized spacial score (nSPS) is 22.0. The number of likely N-dealkylation sites (tertiary alicyclic amines) is 1. The van der Waals surface area contributed by atoms with E-state index in [9.17, 15) is 9.59 Å². The van der Waals surface area contributed by atoms with E-state index in [-0.39, 0.29) is 17.9 Å². The molecule has 21 heavy (non-hydrogen) atoms. The van der Waals surface area contributed by atoms with Crippen LogP contribution in [0.15, 0.2) is 18.2 Å². The van der Waals surface area contributed by atoms with E-state index in [1.165, 1.54) is 7.11 Å². The number of hydrogen-bond donors (Lipinski definition) is 1. The van der Waals surface area contributed by atoms with Crippen molar-refractivity contribution in [3.05, 3.63) is 28.8 Å². The quantitative estimate of drug-likeness (QED) is 0.932. The lowest BCUT2D eigenvalue weighted by molar-refractivity contribution is -0.143. The molecule has 1 aliphatic heterocycles. The topological polar surface area (TPSA) is 66.8 Å². The molecular weight excluding hydrogens is 294 g/mol. The van der Waals surface area contributed by atoms with Gasteiger partial charge in [0.15, 0.2) is 0 Å². The molecule has 1 N–H and O–H groups in total. The van der Waals surface area contributed by atoms with Crippen LogP contribution < -0.4 is 4.74 Å². The number of benzene rings is 1. The van der Waals surface area contributed by atoms with Crippen LogP contribution in [0.2, 0.25) is 5.02 Å². The maximum Gasteiger partial charge on any atom is 0.306 e. The van der Waals surface area contributed by atoms with Gasteiger partial charge in [-0.3, -0.25) is 9.59 Å². The van der Waals surface area contributed by atoms with E-state index in [1.54, 1.807) is 23.1 Å². The SMILES string of the molecule is COc1cc(Cl)ccc1C(=O)N1CCC(C(=O)O)CC1C. The van der Waals surface area contributed by atoms with E-state index in [1.807, 2.05) is 6.92 Å². The molecule has 2 unspecified atom stereocenters. The number of aliphatic carboxylic acids is 1. The maximum atomic E-state index is 12.6. The number of ether oxygens (including phenoxy) is 1. The number of rotatable bonds is 3. The Bertz CT molecular complexity index is 561. The Balaban J connectivity index is 2.19. The Labute approximate surface area is 128 Å². The molecule has 6 heteroatoms. The van der Waals surface area contributed by atoms with E-state index < -0.39 is 5.97 Å². The van der Waals surface area contributed by atoms with Crippen LogP contribution in [0.25, 0.3) is 0 Å². The van der Waals surface area contributed by atoms with E-state index >= 15 is 0 Å². The second kappa shape index (κ2) is 6.35. The second-order valence-electron chi connectivity index (χ2n) is 5.25. The molecule has 0 aromatic heterocycles. The molecule has 1 aliphatic rings. The van der Waals surface area contributed by atoms with Gasteiger partial charge in [0.05, 0.1) is 18.6 Å². The fourth-order valence-electron chi connectivity index (χ4n) is 2.69. The lowest BCUT2D eigenvalue weighted by atomic mass is 9.91. The van der Waals surface area contributed by atoms with E-state index in [4.69, 9.17) is 21.4 Å². The van der Waals surface area contributed by atoms with Gasteiger partial charge in [0.2, 0.25) is 0 Å². The van der Waals surface area contributed by atoms with Gasteiger partial charge in [0, 0.05) is 17.6 Å². The summed E-state index contributed by atoms with van der Waals surface area (Å²) in [6, 6.07) is 4.77. The minimum absolute atomic E-state index is 0.118. The summed E-state index contributed by atoms with van der Waals surface area (Å²) < 4.78 is 5.21. The summed E-state index contributed by atoms with van der Waals surface area (Å²) in [5.41, 5.74) is 0.447. The summed E-state index contributed by atoms with van der Waals surface area (Å²) in [5.74, 6) is -0.894. The highest BCUT2D eigenvalue weighted by atomic mass is 35.5. The number of carboxylic acid groups (broad SMARTS) is 1. The van der Waals surface area contributed by atoms with E-state index in [0.717, 1.165) is 0 Å². The molecule has 1 aromatic rings. The molecule has 1 aromatic carbocycles. The molecular formula is C15H18ClNO4. The third kappa shape index (κ3) is 3.29. The van der Waals surface area contributed by atoms with Crippen molar-refractivity contribution in [3.63, 3.8) is 0 Å². The third-order valence-electron chi connectivity index (χ3n) is 3.88. The molecule has 1 fully saturated rings. The fourth-order valence-corrected chi connectivity index (χ4v) is 2.86. The number of carboxylic acids is 1. The molecule has 1 heterocycles. The van der Waals surface area contributed by atoms with E-state index in [0.29, 0.717) is 35.7 Å². The molecule has 0 bridgehead atoms. The number of carbonyl (C=O) groups excluding carboxylic acids is 1. The van der Waals surface area contributed by atoms with Crippen molar-refractivity contribution in [2.45, 2.75) is 25.8 Å². The number of amides is 1. The summed E-state index contributed by atoms with van der Waals surface area (Å²) in [6.07, 6.45) is 0.943. The Kier molecular flexibility index (Phi) is 4.73. The Morgan fingerprint density at radius 2 is 2.14 bits per heavy atom. The van der Waals surface area contributed by atoms with Gasteiger partial charge in [-0.15, -0.1) is 0 Å². The molecule has 0 spiro atoms. The summed E-state index contributed by atoms with van der Waals surface area (Å²) >= 11 is 5.90. The largest absolute Gasteiger partial charge is 0.496 e. The van der Waals surface area contributed by atoms with Gasteiger partial charge in [0.25, 0.3) is 5.91 Å². The first kappa shape index (κ1) is 15.6. The van der Waals surface area contributed by atoms with Crippen LogP contribution in [0.3, 0.4) is 0 Å². The Morgan fingerprint density at radius 1 is 1.43 bits per heavy atom. The molecule has 0 saturated carbocycles. The molecule has 0 aliphatic carbocycles. The molecule has 5 nitrogen and oxygen atoms in total. The molecule has 0 radical (unpaired) electrons. The van der Waals surface area contributed by atoms with Gasteiger partial charge in [-0.2, -0.15) is 0 Å². The Morgan fingerprint density at radius 3 is 2.71 bits per heavy atom. The van der Waals surface area contributed by atoms with Gasteiger partial charge in [-0.1, -0.05) is 11.6 Å². The number of hydrogen-bond acceptors (Lipinski definition) is 3. The van der Waals surface area contributed by atoms with Crippen LogP contribution in [0.5, 0.6) is 5.75 Å². The predicted molar refractivity (Wildman–Crippen MR) is 78.9 cm³/mol.